The Balaban J connectivity index is 1.70. The van der Waals surface area contributed by atoms with Crippen LogP contribution in [0.1, 0.15) is 16.6 Å². The molecule has 1 amide bonds. The van der Waals surface area contributed by atoms with E-state index in [9.17, 15) is 19.7 Å². The van der Waals surface area contributed by atoms with Crippen molar-refractivity contribution in [2.24, 2.45) is 0 Å². The maximum atomic E-state index is 12.4. The summed E-state index contributed by atoms with van der Waals surface area (Å²) in [5.74, 6) is -1.36. The summed E-state index contributed by atoms with van der Waals surface area (Å²) in [6.07, 6.45) is -1.14. The van der Waals surface area contributed by atoms with E-state index >= 15 is 0 Å². The second-order valence-corrected chi connectivity index (χ2v) is 7.54. The smallest absolute Gasteiger partial charge is 0.350 e. The first-order valence-corrected chi connectivity index (χ1v) is 9.48. The number of carbonyl (C=O) groups is 2. The first-order chi connectivity index (χ1) is 13.3. The summed E-state index contributed by atoms with van der Waals surface area (Å²) < 4.78 is 6.03. The van der Waals surface area contributed by atoms with Gasteiger partial charge in [-0.2, -0.15) is 0 Å². The average molecular weight is 439 g/mol. The van der Waals surface area contributed by atoms with Gasteiger partial charge in [-0.15, -0.1) is 11.3 Å². The minimum absolute atomic E-state index is 0.00590. The van der Waals surface area contributed by atoms with Gasteiger partial charge in [-0.05, 0) is 19.1 Å². The van der Waals surface area contributed by atoms with E-state index in [2.05, 4.69) is 5.32 Å². The molecule has 0 radical (unpaired) electrons. The summed E-state index contributed by atoms with van der Waals surface area (Å²) in [5, 5.41) is 14.2. The third-order valence-corrected chi connectivity index (χ3v) is 5.76. The molecule has 10 heteroatoms. The topological polar surface area (TPSA) is 98.5 Å². The number of amides is 1. The van der Waals surface area contributed by atoms with Crippen LogP contribution in [0.15, 0.2) is 42.5 Å². The lowest BCUT2D eigenvalue weighted by molar-refractivity contribution is -0.384. The number of hydrogen-bond donors (Lipinski definition) is 1. The van der Waals surface area contributed by atoms with Crippen LogP contribution in [0.3, 0.4) is 0 Å². The van der Waals surface area contributed by atoms with Gasteiger partial charge in [0.2, 0.25) is 0 Å². The van der Waals surface area contributed by atoms with E-state index in [4.69, 9.17) is 27.9 Å². The molecule has 2 aromatic carbocycles. The van der Waals surface area contributed by atoms with Gasteiger partial charge in [0, 0.05) is 22.2 Å². The Bertz CT molecular complexity index is 1100. The highest BCUT2D eigenvalue weighted by atomic mass is 35.5. The fourth-order valence-electron chi connectivity index (χ4n) is 2.37. The number of carbonyl (C=O) groups excluding carboxylic acids is 2. The predicted molar refractivity (Wildman–Crippen MR) is 108 cm³/mol. The number of nitro benzene ring substituents is 1. The molecule has 0 saturated carbocycles. The van der Waals surface area contributed by atoms with Crippen LogP contribution >= 0.6 is 34.5 Å². The van der Waals surface area contributed by atoms with Crippen LogP contribution < -0.4 is 5.32 Å². The molecule has 1 N–H and O–H groups in total. The summed E-state index contributed by atoms with van der Waals surface area (Å²) in [4.78, 5) is 35.0. The predicted octanol–water partition coefficient (Wildman–Crippen LogP) is 5.30. The second kappa shape index (κ2) is 8.14. The highest BCUT2D eigenvalue weighted by Gasteiger charge is 2.24. The lowest BCUT2D eigenvalue weighted by atomic mass is 10.2. The molecule has 1 heterocycles. The molecule has 3 aromatic rings. The zero-order chi connectivity index (χ0) is 20.4. The number of non-ortho nitro benzene ring substituents is 1. The number of anilines is 1. The number of ether oxygens (including phenoxy) is 1. The Morgan fingerprint density at radius 3 is 2.57 bits per heavy atom. The molecule has 0 fully saturated rings. The van der Waals surface area contributed by atoms with Crippen LogP contribution in [0.4, 0.5) is 11.4 Å². The second-order valence-electron chi connectivity index (χ2n) is 5.70. The fraction of sp³-hybridized carbons (Fsp3) is 0.111. The molecule has 144 valence electrons. The van der Waals surface area contributed by atoms with E-state index in [-0.39, 0.29) is 26.3 Å². The highest BCUT2D eigenvalue weighted by Crippen LogP contribution is 2.35. The van der Waals surface area contributed by atoms with E-state index < -0.39 is 22.9 Å². The van der Waals surface area contributed by atoms with Gasteiger partial charge in [0.05, 0.1) is 20.7 Å². The number of nitrogens with one attached hydrogen (secondary N) is 1. The Morgan fingerprint density at radius 2 is 1.93 bits per heavy atom. The molecule has 0 spiro atoms. The number of nitrogens with zero attached hydrogens (tertiary/aromatic N) is 1. The van der Waals surface area contributed by atoms with Crippen molar-refractivity contribution in [3.05, 3.63) is 67.5 Å². The van der Waals surface area contributed by atoms with Gasteiger partial charge in [-0.3, -0.25) is 14.9 Å². The zero-order valence-corrected chi connectivity index (χ0v) is 16.6. The number of rotatable bonds is 5. The lowest BCUT2D eigenvalue weighted by Gasteiger charge is -2.14. The van der Waals surface area contributed by atoms with Crippen molar-refractivity contribution in [3.63, 3.8) is 0 Å². The number of esters is 1. The van der Waals surface area contributed by atoms with E-state index in [0.717, 1.165) is 16.2 Å². The summed E-state index contributed by atoms with van der Waals surface area (Å²) in [5.41, 5.74) is -0.0399. The van der Waals surface area contributed by atoms with Gasteiger partial charge < -0.3 is 10.1 Å². The standard InChI is InChI=1S/C18H12Cl2N2O5S/c1-9(17(23)21-13-7-6-10(22(25)26)8-12(13)19)27-18(24)16-15(20)11-4-2-3-5-14(11)28-16/h2-9H,1H3,(H,21,23). The Hall–Kier alpha value is -2.68. The number of benzene rings is 2. The highest BCUT2D eigenvalue weighted by molar-refractivity contribution is 7.21. The number of hydrogen-bond acceptors (Lipinski definition) is 6. The van der Waals surface area contributed by atoms with Gasteiger partial charge in [-0.1, -0.05) is 41.4 Å². The first kappa shape index (κ1) is 20.1. The summed E-state index contributed by atoms with van der Waals surface area (Å²) in [6.45, 7) is 1.40. The van der Waals surface area contributed by atoms with Crippen LogP contribution in [0.25, 0.3) is 10.1 Å². The van der Waals surface area contributed by atoms with Gasteiger partial charge in [-0.25, -0.2) is 4.79 Å². The Labute approximate surface area is 173 Å². The van der Waals surface area contributed by atoms with Crippen LogP contribution in [-0.4, -0.2) is 22.9 Å². The molecule has 0 saturated heterocycles. The van der Waals surface area contributed by atoms with E-state index in [1.165, 1.54) is 30.4 Å². The molecular formula is C18H12Cl2N2O5S. The van der Waals surface area contributed by atoms with E-state index in [1.54, 1.807) is 12.1 Å². The molecule has 1 atom stereocenters. The number of halogens is 2. The summed E-state index contributed by atoms with van der Waals surface area (Å²) in [7, 11) is 0. The largest absolute Gasteiger partial charge is 0.448 e. The third kappa shape index (κ3) is 4.09. The molecular weight excluding hydrogens is 427 g/mol. The van der Waals surface area contributed by atoms with Crippen molar-refractivity contribution in [2.45, 2.75) is 13.0 Å². The number of thiophene rings is 1. The first-order valence-electron chi connectivity index (χ1n) is 7.90. The van der Waals surface area contributed by atoms with Crippen LogP contribution in [-0.2, 0) is 9.53 Å². The molecule has 1 aromatic heterocycles. The maximum absolute atomic E-state index is 12.4. The van der Waals surface area contributed by atoms with Crippen molar-refractivity contribution in [3.8, 4) is 0 Å². The lowest BCUT2D eigenvalue weighted by Crippen LogP contribution is -2.30. The van der Waals surface area contributed by atoms with E-state index in [0.29, 0.717) is 0 Å². The van der Waals surface area contributed by atoms with Crippen molar-refractivity contribution in [1.82, 2.24) is 0 Å². The Morgan fingerprint density at radius 1 is 1.21 bits per heavy atom. The summed E-state index contributed by atoms with van der Waals surface area (Å²) in [6, 6.07) is 10.9. The minimum atomic E-state index is -1.14. The van der Waals surface area contributed by atoms with Gasteiger partial charge in [0.15, 0.2) is 6.10 Å². The molecule has 1 unspecified atom stereocenters. The van der Waals surface area contributed by atoms with Crippen LogP contribution in [0, 0.1) is 10.1 Å². The number of fused-ring (bicyclic) bond motifs is 1. The molecule has 3 rings (SSSR count). The van der Waals surface area contributed by atoms with Crippen molar-refractivity contribution < 1.29 is 19.2 Å². The maximum Gasteiger partial charge on any atom is 0.350 e. The molecule has 28 heavy (non-hydrogen) atoms. The third-order valence-electron chi connectivity index (χ3n) is 3.79. The van der Waals surface area contributed by atoms with Crippen LogP contribution in [0.5, 0.6) is 0 Å². The molecule has 0 aliphatic rings. The summed E-state index contributed by atoms with van der Waals surface area (Å²) >= 11 is 13.4. The quantitative estimate of drug-likeness (QED) is 0.331. The van der Waals surface area contributed by atoms with Gasteiger partial charge in [0.25, 0.3) is 11.6 Å². The van der Waals surface area contributed by atoms with Crippen molar-refractivity contribution in [2.75, 3.05) is 5.32 Å². The zero-order valence-electron chi connectivity index (χ0n) is 14.3. The molecule has 0 aliphatic carbocycles. The average Bonchev–Trinajstić information content (AvgIpc) is 3.00. The Kier molecular flexibility index (Phi) is 5.83. The molecule has 0 bridgehead atoms. The normalized spacial score (nSPS) is 11.8. The minimum Gasteiger partial charge on any atom is -0.448 e. The van der Waals surface area contributed by atoms with Crippen LogP contribution in [0.2, 0.25) is 10.0 Å². The molecule has 7 nitrogen and oxygen atoms in total. The number of nitro groups is 1. The van der Waals surface area contributed by atoms with Crippen molar-refractivity contribution in [1.29, 1.82) is 0 Å². The SMILES string of the molecule is CC(OC(=O)c1sc2ccccc2c1Cl)C(=O)Nc1ccc([N+](=O)[O-])cc1Cl. The molecule has 0 aliphatic heterocycles. The van der Waals surface area contributed by atoms with Gasteiger partial charge >= 0.3 is 5.97 Å². The fourth-order valence-corrected chi connectivity index (χ4v) is 3.98. The van der Waals surface area contributed by atoms with Gasteiger partial charge in [0.1, 0.15) is 4.88 Å². The van der Waals surface area contributed by atoms with Crippen molar-refractivity contribution >= 4 is 67.9 Å². The van der Waals surface area contributed by atoms with E-state index in [1.807, 2.05) is 12.1 Å². The monoisotopic (exact) mass is 438 g/mol.